The summed E-state index contributed by atoms with van der Waals surface area (Å²) in [4.78, 5) is 14.1. The first-order valence-electron chi connectivity index (χ1n) is 8.55. The Bertz CT molecular complexity index is 1130. The second-order valence-corrected chi connectivity index (χ2v) is 6.82. The van der Waals surface area contributed by atoms with Crippen molar-refractivity contribution < 1.29 is 4.74 Å². The van der Waals surface area contributed by atoms with Gasteiger partial charge in [0.25, 0.3) is 0 Å². The number of hydrogen-bond donors (Lipinski definition) is 2. The van der Waals surface area contributed by atoms with E-state index < -0.39 is 0 Å². The number of rotatable bonds is 6. The lowest BCUT2D eigenvalue weighted by molar-refractivity contribution is 0.417. The van der Waals surface area contributed by atoms with Crippen LogP contribution >= 0.6 is 15.9 Å². The second-order valence-electron chi connectivity index (χ2n) is 5.91. The lowest BCUT2D eigenvalue weighted by Gasteiger charge is -2.10. The van der Waals surface area contributed by atoms with E-state index in [0.29, 0.717) is 29.0 Å². The highest BCUT2D eigenvalue weighted by Crippen LogP contribution is 2.25. The van der Waals surface area contributed by atoms with Gasteiger partial charge in [-0.3, -0.25) is 0 Å². The number of ether oxygens (including phenoxy) is 1. The molecule has 4 aromatic rings. The Kier molecular flexibility index (Phi) is 5.29. The van der Waals surface area contributed by atoms with Gasteiger partial charge in [-0.25, -0.2) is 0 Å². The van der Waals surface area contributed by atoms with E-state index in [4.69, 9.17) is 10.5 Å². The van der Waals surface area contributed by atoms with Crippen molar-refractivity contribution in [2.24, 2.45) is 0 Å². The molecule has 0 fully saturated rings. The zero-order valence-corrected chi connectivity index (χ0v) is 16.9. The molecule has 0 spiro atoms. The zero-order valence-electron chi connectivity index (χ0n) is 15.3. The van der Waals surface area contributed by atoms with Crippen molar-refractivity contribution in [3.63, 3.8) is 0 Å². The smallest absolute Gasteiger partial charge is 0.232 e. The summed E-state index contributed by atoms with van der Waals surface area (Å²) in [5, 5.41) is 15.6. The molecule has 4 rings (SSSR count). The Hall–Kier alpha value is -3.60. The molecule has 10 nitrogen and oxygen atoms in total. The van der Waals surface area contributed by atoms with E-state index in [9.17, 15) is 0 Å². The maximum atomic E-state index is 5.84. The maximum absolute atomic E-state index is 5.84. The molecule has 29 heavy (non-hydrogen) atoms. The molecule has 2 heterocycles. The summed E-state index contributed by atoms with van der Waals surface area (Å²) in [7, 11) is 1.59. The van der Waals surface area contributed by atoms with E-state index in [1.54, 1.807) is 7.11 Å². The fourth-order valence-corrected chi connectivity index (χ4v) is 2.85. The van der Waals surface area contributed by atoms with Gasteiger partial charge in [0.15, 0.2) is 5.82 Å². The van der Waals surface area contributed by atoms with Crippen molar-refractivity contribution in [3.05, 3.63) is 58.8 Å². The third-order valence-corrected chi connectivity index (χ3v) is 4.42. The first-order chi connectivity index (χ1) is 14.1. The fourth-order valence-electron chi connectivity index (χ4n) is 2.58. The summed E-state index contributed by atoms with van der Waals surface area (Å²) in [6, 6.07) is 15.1. The predicted octanol–water partition coefficient (Wildman–Crippen LogP) is 2.67. The van der Waals surface area contributed by atoms with Crippen LogP contribution in [0.2, 0.25) is 0 Å². The van der Waals surface area contributed by atoms with E-state index in [0.717, 1.165) is 10.0 Å². The highest BCUT2D eigenvalue weighted by atomic mass is 79.9. The Morgan fingerprint density at radius 1 is 1.07 bits per heavy atom. The number of nitrogens with two attached hydrogens (primary N) is 1. The molecule has 0 bridgehead atoms. The molecule has 146 valence electrons. The third kappa shape index (κ3) is 4.46. The summed E-state index contributed by atoms with van der Waals surface area (Å²) in [5.74, 6) is 1.94. The Balaban J connectivity index is 1.54. The van der Waals surface area contributed by atoms with Crippen molar-refractivity contribution in [2.75, 3.05) is 18.2 Å². The molecule has 0 aliphatic heterocycles. The molecule has 0 amide bonds. The fraction of sp³-hybridized carbons (Fsp3) is 0.111. The van der Waals surface area contributed by atoms with Crippen LogP contribution in [0.3, 0.4) is 0 Å². The second kappa shape index (κ2) is 8.19. The third-order valence-electron chi connectivity index (χ3n) is 3.89. The average Bonchev–Trinajstić information content (AvgIpc) is 3.17. The SMILES string of the molecule is COc1ccccc1Nc1nc(N)nc(Cn2nnc(-c3ccc(Br)cc3)n2)n1. The summed E-state index contributed by atoms with van der Waals surface area (Å²) < 4.78 is 6.30. The van der Waals surface area contributed by atoms with E-state index in [-0.39, 0.29) is 12.5 Å². The van der Waals surface area contributed by atoms with Crippen molar-refractivity contribution in [1.29, 1.82) is 0 Å². The number of tetrazole rings is 1. The molecule has 0 saturated heterocycles. The first-order valence-corrected chi connectivity index (χ1v) is 9.34. The minimum Gasteiger partial charge on any atom is -0.495 e. The standard InChI is InChI=1S/C18H16BrN9O/c1-29-14-5-3-2-4-13(14)21-18-23-15(22-17(20)24-18)10-28-26-16(25-27-28)11-6-8-12(19)9-7-11/h2-9H,10H2,1H3,(H3,20,21,22,23,24). The number of benzene rings is 2. The quantitative estimate of drug-likeness (QED) is 0.452. The van der Waals surface area contributed by atoms with Crippen molar-refractivity contribution in [1.82, 2.24) is 35.2 Å². The number of aromatic nitrogens is 7. The molecule has 2 aromatic heterocycles. The van der Waals surface area contributed by atoms with Gasteiger partial charge in [0.1, 0.15) is 12.3 Å². The summed E-state index contributed by atoms with van der Waals surface area (Å²) in [6.45, 7) is 0.191. The van der Waals surface area contributed by atoms with Crippen LogP contribution in [0.1, 0.15) is 5.82 Å². The van der Waals surface area contributed by atoms with Crippen LogP contribution in [0, 0.1) is 0 Å². The molecule has 0 saturated carbocycles. The van der Waals surface area contributed by atoms with Gasteiger partial charge in [-0.2, -0.15) is 19.7 Å². The summed E-state index contributed by atoms with van der Waals surface area (Å²) >= 11 is 3.40. The van der Waals surface area contributed by atoms with Gasteiger partial charge < -0.3 is 15.8 Å². The number of halogens is 1. The van der Waals surface area contributed by atoms with Gasteiger partial charge in [0.05, 0.1) is 12.8 Å². The van der Waals surface area contributed by atoms with Crippen LogP contribution in [0.25, 0.3) is 11.4 Å². The van der Waals surface area contributed by atoms with Crippen LogP contribution in [0.5, 0.6) is 5.75 Å². The van der Waals surface area contributed by atoms with Crippen molar-refractivity contribution in [2.45, 2.75) is 6.54 Å². The van der Waals surface area contributed by atoms with E-state index in [1.165, 1.54) is 4.80 Å². The molecule has 0 aliphatic rings. The lowest BCUT2D eigenvalue weighted by atomic mass is 10.2. The van der Waals surface area contributed by atoms with Crippen LogP contribution in [0.4, 0.5) is 17.6 Å². The van der Waals surface area contributed by atoms with Gasteiger partial charge in [-0.05, 0) is 41.6 Å². The highest BCUT2D eigenvalue weighted by molar-refractivity contribution is 9.10. The van der Waals surface area contributed by atoms with Gasteiger partial charge in [0, 0.05) is 10.0 Å². The molecular formula is C18H16BrN9O. The molecule has 11 heteroatoms. The Morgan fingerprint density at radius 3 is 2.66 bits per heavy atom. The minimum atomic E-state index is 0.0839. The van der Waals surface area contributed by atoms with Crippen LogP contribution in [-0.2, 0) is 6.54 Å². The molecule has 0 aliphatic carbocycles. The predicted molar refractivity (Wildman–Crippen MR) is 111 cm³/mol. The van der Waals surface area contributed by atoms with Gasteiger partial charge in [-0.15, -0.1) is 10.2 Å². The maximum Gasteiger partial charge on any atom is 0.232 e. The van der Waals surface area contributed by atoms with Gasteiger partial charge in [-0.1, -0.05) is 28.1 Å². The normalized spacial score (nSPS) is 10.7. The molecule has 0 unspecified atom stereocenters. The highest BCUT2D eigenvalue weighted by Gasteiger charge is 2.11. The van der Waals surface area contributed by atoms with Crippen molar-refractivity contribution in [3.8, 4) is 17.1 Å². The zero-order chi connectivity index (χ0) is 20.2. The van der Waals surface area contributed by atoms with E-state index >= 15 is 0 Å². The number of methoxy groups -OCH3 is 1. The number of nitrogens with one attached hydrogen (secondary N) is 1. The minimum absolute atomic E-state index is 0.0839. The lowest BCUT2D eigenvalue weighted by Crippen LogP contribution is -2.12. The Morgan fingerprint density at radius 2 is 1.86 bits per heavy atom. The van der Waals surface area contributed by atoms with Crippen molar-refractivity contribution >= 4 is 33.5 Å². The van der Waals surface area contributed by atoms with E-state index in [1.807, 2.05) is 48.5 Å². The monoisotopic (exact) mass is 453 g/mol. The van der Waals surface area contributed by atoms with Crippen LogP contribution in [-0.4, -0.2) is 42.3 Å². The van der Waals surface area contributed by atoms with Gasteiger partial charge in [0.2, 0.25) is 17.7 Å². The first kappa shape index (κ1) is 18.7. The molecule has 2 aromatic carbocycles. The molecule has 0 radical (unpaired) electrons. The number of hydrogen-bond acceptors (Lipinski definition) is 9. The van der Waals surface area contributed by atoms with Crippen LogP contribution < -0.4 is 15.8 Å². The summed E-state index contributed by atoms with van der Waals surface area (Å²) in [5.41, 5.74) is 7.41. The molecular weight excluding hydrogens is 438 g/mol. The number of para-hydroxylation sites is 2. The number of nitrogens with zero attached hydrogens (tertiary/aromatic N) is 7. The van der Waals surface area contributed by atoms with Gasteiger partial charge >= 0.3 is 0 Å². The topological polar surface area (TPSA) is 130 Å². The van der Waals surface area contributed by atoms with Crippen LogP contribution in [0.15, 0.2) is 53.0 Å². The summed E-state index contributed by atoms with van der Waals surface area (Å²) in [6.07, 6.45) is 0. The number of anilines is 3. The van der Waals surface area contributed by atoms with E-state index in [2.05, 4.69) is 51.6 Å². The largest absolute Gasteiger partial charge is 0.495 e. The molecule has 0 atom stereocenters. The molecule has 3 N–H and O–H groups in total. The average molecular weight is 454 g/mol. The Labute approximate surface area is 174 Å². The number of nitrogen functional groups attached to an aromatic ring is 1.